The van der Waals surface area contributed by atoms with E-state index in [0.717, 1.165) is 22.7 Å². The SMILES string of the molecule is COc1ccc(-n2ccc(C(=O)Nc3ccc(C)c(-n4nnnc4C)c3)n2)cc1. The third-order valence-corrected chi connectivity index (χ3v) is 4.48. The third kappa shape index (κ3) is 3.70. The lowest BCUT2D eigenvalue weighted by atomic mass is 10.1. The maximum atomic E-state index is 12.7. The fourth-order valence-corrected chi connectivity index (χ4v) is 2.89. The highest BCUT2D eigenvalue weighted by molar-refractivity contribution is 6.03. The molecule has 0 aliphatic rings. The highest BCUT2D eigenvalue weighted by Crippen LogP contribution is 2.20. The molecule has 0 spiro atoms. The number of aromatic nitrogens is 6. The molecule has 0 unspecified atom stereocenters. The van der Waals surface area contributed by atoms with Crippen LogP contribution < -0.4 is 10.1 Å². The topological polar surface area (TPSA) is 99.8 Å². The summed E-state index contributed by atoms with van der Waals surface area (Å²) in [6.07, 6.45) is 1.74. The van der Waals surface area contributed by atoms with Gasteiger partial charge in [-0.25, -0.2) is 4.68 Å². The Morgan fingerprint density at radius 3 is 2.55 bits per heavy atom. The second-order valence-electron chi connectivity index (χ2n) is 6.44. The second-order valence-corrected chi connectivity index (χ2v) is 6.44. The molecule has 2 heterocycles. The molecule has 4 rings (SSSR count). The van der Waals surface area contributed by atoms with E-state index in [-0.39, 0.29) is 5.91 Å². The molecule has 2 aromatic carbocycles. The second kappa shape index (κ2) is 7.55. The average molecular weight is 389 g/mol. The lowest BCUT2D eigenvalue weighted by Gasteiger charge is -2.10. The zero-order valence-electron chi connectivity index (χ0n) is 16.2. The van der Waals surface area contributed by atoms with Crippen LogP contribution in [0.2, 0.25) is 0 Å². The third-order valence-electron chi connectivity index (χ3n) is 4.48. The summed E-state index contributed by atoms with van der Waals surface area (Å²) in [6, 6.07) is 14.6. The van der Waals surface area contributed by atoms with Gasteiger partial charge in [0.15, 0.2) is 11.5 Å². The summed E-state index contributed by atoms with van der Waals surface area (Å²) in [5.41, 5.74) is 3.55. The van der Waals surface area contributed by atoms with Gasteiger partial charge < -0.3 is 10.1 Å². The summed E-state index contributed by atoms with van der Waals surface area (Å²) in [4.78, 5) is 12.7. The van der Waals surface area contributed by atoms with Crippen LogP contribution in [0.25, 0.3) is 11.4 Å². The Labute approximate surface area is 166 Å². The first-order chi connectivity index (χ1) is 14.0. The molecule has 0 bridgehead atoms. The molecule has 0 aliphatic carbocycles. The summed E-state index contributed by atoms with van der Waals surface area (Å²) < 4.78 is 8.43. The summed E-state index contributed by atoms with van der Waals surface area (Å²) >= 11 is 0. The molecule has 9 nitrogen and oxygen atoms in total. The quantitative estimate of drug-likeness (QED) is 0.563. The first-order valence-electron chi connectivity index (χ1n) is 8.92. The van der Waals surface area contributed by atoms with Crippen LogP contribution in [0.3, 0.4) is 0 Å². The zero-order chi connectivity index (χ0) is 20.4. The van der Waals surface area contributed by atoms with Crippen molar-refractivity contribution in [2.45, 2.75) is 13.8 Å². The van der Waals surface area contributed by atoms with E-state index in [4.69, 9.17) is 4.74 Å². The number of hydrogen-bond donors (Lipinski definition) is 1. The summed E-state index contributed by atoms with van der Waals surface area (Å²) in [7, 11) is 1.61. The molecular formula is C20H19N7O2. The van der Waals surface area contributed by atoms with E-state index in [1.54, 1.807) is 28.7 Å². The number of ether oxygens (including phenoxy) is 1. The van der Waals surface area contributed by atoms with Gasteiger partial charge in [-0.3, -0.25) is 4.79 Å². The molecule has 0 atom stereocenters. The lowest BCUT2D eigenvalue weighted by Crippen LogP contribution is -2.14. The number of hydrogen-bond acceptors (Lipinski definition) is 6. The Bertz CT molecular complexity index is 1160. The Morgan fingerprint density at radius 1 is 1.07 bits per heavy atom. The number of carbonyl (C=O) groups excluding carboxylic acids is 1. The number of nitrogens with one attached hydrogen (secondary N) is 1. The number of rotatable bonds is 5. The van der Waals surface area contributed by atoms with E-state index in [9.17, 15) is 4.79 Å². The smallest absolute Gasteiger partial charge is 0.276 e. The Hall–Kier alpha value is -4.01. The van der Waals surface area contributed by atoms with Crippen molar-refractivity contribution in [2.75, 3.05) is 12.4 Å². The van der Waals surface area contributed by atoms with E-state index in [1.807, 2.05) is 56.3 Å². The average Bonchev–Trinajstić information content (AvgIpc) is 3.39. The normalized spacial score (nSPS) is 10.7. The molecule has 4 aromatic rings. The van der Waals surface area contributed by atoms with Gasteiger partial charge in [-0.15, -0.1) is 5.10 Å². The Balaban J connectivity index is 1.54. The summed E-state index contributed by atoms with van der Waals surface area (Å²) in [5, 5.41) is 18.8. The lowest BCUT2D eigenvalue weighted by molar-refractivity contribution is 0.102. The van der Waals surface area contributed by atoms with Gasteiger partial charge in [-0.05, 0) is 72.3 Å². The van der Waals surface area contributed by atoms with Gasteiger partial charge in [0.1, 0.15) is 5.75 Å². The van der Waals surface area contributed by atoms with Crippen LogP contribution >= 0.6 is 0 Å². The van der Waals surface area contributed by atoms with Crippen LogP contribution in [0.1, 0.15) is 21.9 Å². The van der Waals surface area contributed by atoms with E-state index in [2.05, 4.69) is 25.9 Å². The van der Waals surface area contributed by atoms with Crippen molar-refractivity contribution in [1.82, 2.24) is 30.0 Å². The Morgan fingerprint density at radius 2 is 1.86 bits per heavy atom. The highest BCUT2D eigenvalue weighted by Gasteiger charge is 2.13. The van der Waals surface area contributed by atoms with Crippen LogP contribution in [0.5, 0.6) is 5.75 Å². The van der Waals surface area contributed by atoms with Crippen molar-refractivity contribution in [2.24, 2.45) is 0 Å². The van der Waals surface area contributed by atoms with Crippen molar-refractivity contribution in [1.29, 1.82) is 0 Å². The molecule has 0 aliphatic heterocycles. The van der Waals surface area contributed by atoms with Gasteiger partial charge in [-0.2, -0.15) is 9.78 Å². The number of nitrogens with zero attached hydrogens (tertiary/aromatic N) is 6. The van der Waals surface area contributed by atoms with Crippen molar-refractivity contribution in [3.05, 3.63) is 71.8 Å². The number of anilines is 1. The van der Waals surface area contributed by atoms with E-state index >= 15 is 0 Å². The number of carbonyl (C=O) groups is 1. The summed E-state index contributed by atoms with van der Waals surface area (Å²) in [5.74, 6) is 1.11. The fraction of sp³-hybridized carbons (Fsp3) is 0.150. The minimum atomic E-state index is -0.305. The zero-order valence-corrected chi connectivity index (χ0v) is 16.2. The number of amides is 1. The minimum absolute atomic E-state index is 0.305. The maximum absolute atomic E-state index is 12.7. The monoisotopic (exact) mass is 389 g/mol. The first-order valence-corrected chi connectivity index (χ1v) is 8.92. The molecule has 29 heavy (non-hydrogen) atoms. The predicted molar refractivity (Wildman–Crippen MR) is 107 cm³/mol. The number of tetrazole rings is 1. The van der Waals surface area contributed by atoms with E-state index in [0.29, 0.717) is 17.2 Å². The minimum Gasteiger partial charge on any atom is -0.497 e. The number of methoxy groups -OCH3 is 1. The molecule has 1 amide bonds. The molecule has 0 saturated carbocycles. The van der Waals surface area contributed by atoms with E-state index < -0.39 is 0 Å². The number of aryl methyl sites for hydroxylation is 2. The molecular weight excluding hydrogens is 370 g/mol. The molecule has 0 saturated heterocycles. The fourth-order valence-electron chi connectivity index (χ4n) is 2.89. The highest BCUT2D eigenvalue weighted by atomic mass is 16.5. The van der Waals surface area contributed by atoms with Gasteiger partial charge in [0.2, 0.25) is 0 Å². The van der Waals surface area contributed by atoms with Crippen molar-refractivity contribution >= 4 is 11.6 Å². The predicted octanol–water partition coefficient (Wildman–Crippen LogP) is 2.73. The van der Waals surface area contributed by atoms with Crippen LogP contribution in [-0.4, -0.2) is 43.0 Å². The van der Waals surface area contributed by atoms with E-state index in [1.165, 1.54) is 0 Å². The van der Waals surface area contributed by atoms with Gasteiger partial charge in [0.05, 0.1) is 18.5 Å². The molecule has 0 radical (unpaired) electrons. The largest absolute Gasteiger partial charge is 0.497 e. The van der Waals surface area contributed by atoms with Crippen LogP contribution in [0.15, 0.2) is 54.7 Å². The Kier molecular flexibility index (Phi) is 4.78. The van der Waals surface area contributed by atoms with Gasteiger partial charge in [0, 0.05) is 11.9 Å². The molecule has 9 heteroatoms. The maximum Gasteiger partial charge on any atom is 0.276 e. The molecule has 1 N–H and O–H groups in total. The number of benzene rings is 2. The van der Waals surface area contributed by atoms with Crippen LogP contribution in [0.4, 0.5) is 5.69 Å². The van der Waals surface area contributed by atoms with Crippen molar-refractivity contribution in [3.63, 3.8) is 0 Å². The first kappa shape index (κ1) is 18.4. The van der Waals surface area contributed by atoms with Gasteiger partial charge >= 0.3 is 0 Å². The van der Waals surface area contributed by atoms with Crippen LogP contribution in [0, 0.1) is 13.8 Å². The molecule has 0 fully saturated rings. The molecule has 2 aromatic heterocycles. The van der Waals surface area contributed by atoms with Crippen molar-refractivity contribution < 1.29 is 9.53 Å². The van der Waals surface area contributed by atoms with Gasteiger partial charge in [0.25, 0.3) is 5.91 Å². The molecule has 146 valence electrons. The van der Waals surface area contributed by atoms with Gasteiger partial charge in [-0.1, -0.05) is 6.07 Å². The van der Waals surface area contributed by atoms with Crippen molar-refractivity contribution in [3.8, 4) is 17.1 Å². The van der Waals surface area contributed by atoms with Crippen LogP contribution in [-0.2, 0) is 0 Å². The standard InChI is InChI=1S/C20H19N7O2/c1-13-4-5-15(12-19(13)27-14(2)22-24-25-27)21-20(28)18-10-11-26(23-18)16-6-8-17(29-3)9-7-16/h4-12H,1-3H3,(H,21,28). The summed E-state index contributed by atoms with van der Waals surface area (Å²) in [6.45, 7) is 3.77.